The number of carbonyl (C=O) groups is 2. The number of anilines is 2. The molecule has 0 spiro atoms. The van der Waals surface area contributed by atoms with E-state index in [0.29, 0.717) is 29.3 Å². The summed E-state index contributed by atoms with van der Waals surface area (Å²) >= 11 is 0. The van der Waals surface area contributed by atoms with Crippen LogP contribution in [0, 0.1) is 18.8 Å². The fourth-order valence-electron chi connectivity index (χ4n) is 5.47. The standard InChI is InChI=1S/C28H39N3O4/c1-18(2)17-31(23-7-5-4-6-8-23)26-12-11-21(24(16-28(33)34)20-9-10-20)14-25(26)29-27(32)15-22-13-19(3)35-30-22/h11-14,18,20,23-24H,4-10,15-17H2,1-3H3,(H,29,32)(H,33,34). The topological polar surface area (TPSA) is 95.7 Å². The van der Waals surface area contributed by atoms with Gasteiger partial charge < -0.3 is 19.8 Å². The van der Waals surface area contributed by atoms with Crippen molar-refractivity contribution in [1.82, 2.24) is 5.16 Å². The van der Waals surface area contributed by atoms with Crippen molar-refractivity contribution in [2.24, 2.45) is 11.8 Å². The Kier molecular flexibility index (Phi) is 8.14. The third-order valence-electron chi connectivity index (χ3n) is 7.21. The first kappa shape index (κ1) is 25.3. The number of hydrogen-bond acceptors (Lipinski definition) is 5. The van der Waals surface area contributed by atoms with Crippen LogP contribution >= 0.6 is 0 Å². The van der Waals surface area contributed by atoms with Crippen LogP contribution in [-0.4, -0.2) is 34.7 Å². The lowest BCUT2D eigenvalue weighted by Gasteiger charge is -2.38. The number of nitrogens with zero attached hydrogens (tertiary/aromatic N) is 2. The van der Waals surface area contributed by atoms with Gasteiger partial charge in [-0.15, -0.1) is 0 Å². The van der Waals surface area contributed by atoms with E-state index < -0.39 is 5.97 Å². The van der Waals surface area contributed by atoms with Crippen LogP contribution in [0.1, 0.15) is 88.1 Å². The lowest BCUT2D eigenvalue weighted by atomic mass is 9.89. The molecular formula is C28H39N3O4. The number of carbonyl (C=O) groups excluding carboxylic acids is 1. The highest BCUT2D eigenvalue weighted by molar-refractivity contribution is 5.95. The lowest BCUT2D eigenvalue weighted by Crippen LogP contribution is -2.40. The lowest BCUT2D eigenvalue weighted by molar-refractivity contribution is -0.137. The maximum atomic E-state index is 13.1. The molecule has 1 heterocycles. The van der Waals surface area contributed by atoms with E-state index in [1.165, 1.54) is 19.3 Å². The number of benzene rings is 1. The predicted octanol–water partition coefficient (Wildman–Crippen LogP) is 5.93. The van der Waals surface area contributed by atoms with Gasteiger partial charge in [0.2, 0.25) is 5.91 Å². The number of nitrogens with one attached hydrogen (secondary N) is 1. The number of aryl methyl sites for hydroxylation is 1. The Labute approximate surface area is 208 Å². The number of aromatic nitrogens is 1. The number of carboxylic acid groups (broad SMARTS) is 1. The number of aliphatic carboxylic acids is 1. The molecule has 2 aliphatic rings. The summed E-state index contributed by atoms with van der Waals surface area (Å²) in [4.78, 5) is 27.1. The average molecular weight is 482 g/mol. The molecule has 35 heavy (non-hydrogen) atoms. The van der Waals surface area contributed by atoms with Crippen molar-refractivity contribution < 1.29 is 19.2 Å². The van der Waals surface area contributed by atoms with Gasteiger partial charge in [-0.3, -0.25) is 9.59 Å². The molecule has 2 aliphatic carbocycles. The van der Waals surface area contributed by atoms with Crippen LogP contribution in [-0.2, 0) is 16.0 Å². The first-order chi connectivity index (χ1) is 16.8. The SMILES string of the molecule is Cc1cc(CC(=O)Nc2cc(C(CC(=O)O)C3CC3)ccc2N(CC(C)C)C2CCCCC2)no1. The largest absolute Gasteiger partial charge is 0.481 e. The van der Waals surface area contributed by atoms with E-state index in [1.807, 2.05) is 13.0 Å². The minimum absolute atomic E-state index is 0.0244. The highest BCUT2D eigenvalue weighted by Gasteiger charge is 2.34. The van der Waals surface area contributed by atoms with Gasteiger partial charge in [-0.05, 0) is 68.1 Å². The number of amides is 1. The molecule has 0 aliphatic heterocycles. The second-order valence-corrected chi connectivity index (χ2v) is 10.8. The monoisotopic (exact) mass is 481 g/mol. The van der Waals surface area contributed by atoms with Gasteiger partial charge in [0, 0.05) is 18.7 Å². The van der Waals surface area contributed by atoms with Crippen molar-refractivity contribution in [2.45, 2.75) is 90.5 Å². The molecular weight excluding hydrogens is 442 g/mol. The van der Waals surface area contributed by atoms with E-state index in [2.05, 4.69) is 41.4 Å². The Morgan fingerprint density at radius 2 is 1.89 bits per heavy atom. The van der Waals surface area contributed by atoms with Gasteiger partial charge in [-0.25, -0.2) is 0 Å². The molecule has 1 unspecified atom stereocenters. The van der Waals surface area contributed by atoms with Crippen LogP contribution in [0.4, 0.5) is 11.4 Å². The molecule has 2 N–H and O–H groups in total. The van der Waals surface area contributed by atoms with Crippen molar-refractivity contribution in [3.63, 3.8) is 0 Å². The molecule has 1 atom stereocenters. The molecule has 4 rings (SSSR count). The summed E-state index contributed by atoms with van der Waals surface area (Å²) in [6.07, 6.45) is 8.43. The number of rotatable bonds is 11. The third-order valence-corrected chi connectivity index (χ3v) is 7.21. The molecule has 0 radical (unpaired) electrons. The van der Waals surface area contributed by atoms with Crippen molar-refractivity contribution >= 4 is 23.3 Å². The van der Waals surface area contributed by atoms with Crippen LogP contribution in [0.2, 0.25) is 0 Å². The number of hydrogen-bond donors (Lipinski definition) is 2. The van der Waals surface area contributed by atoms with Crippen molar-refractivity contribution in [2.75, 3.05) is 16.8 Å². The van der Waals surface area contributed by atoms with Gasteiger partial charge in [0.1, 0.15) is 5.76 Å². The third kappa shape index (κ3) is 6.86. The van der Waals surface area contributed by atoms with Gasteiger partial charge >= 0.3 is 5.97 Å². The van der Waals surface area contributed by atoms with Crippen LogP contribution in [0.5, 0.6) is 0 Å². The minimum Gasteiger partial charge on any atom is -0.481 e. The Hall–Kier alpha value is -2.83. The Morgan fingerprint density at radius 1 is 1.14 bits per heavy atom. The second kappa shape index (κ2) is 11.3. The fraction of sp³-hybridized carbons (Fsp3) is 0.607. The fourth-order valence-corrected chi connectivity index (χ4v) is 5.47. The van der Waals surface area contributed by atoms with Gasteiger partial charge in [0.25, 0.3) is 0 Å². The van der Waals surface area contributed by atoms with Gasteiger partial charge in [0.15, 0.2) is 0 Å². The zero-order valence-electron chi connectivity index (χ0n) is 21.3. The first-order valence-corrected chi connectivity index (χ1v) is 13.1. The normalized spacial score (nSPS) is 17.4. The van der Waals surface area contributed by atoms with Crippen LogP contribution in [0.25, 0.3) is 0 Å². The molecule has 1 amide bonds. The Morgan fingerprint density at radius 3 is 2.49 bits per heavy atom. The van der Waals surface area contributed by atoms with E-state index >= 15 is 0 Å². The maximum absolute atomic E-state index is 13.1. The smallest absolute Gasteiger partial charge is 0.303 e. The van der Waals surface area contributed by atoms with Crippen molar-refractivity contribution in [1.29, 1.82) is 0 Å². The second-order valence-electron chi connectivity index (χ2n) is 10.8. The highest BCUT2D eigenvalue weighted by atomic mass is 16.5. The molecule has 1 aromatic heterocycles. The van der Waals surface area contributed by atoms with Crippen molar-refractivity contribution in [3.8, 4) is 0 Å². The molecule has 2 saturated carbocycles. The zero-order valence-corrected chi connectivity index (χ0v) is 21.3. The first-order valence-electron chi connectivity index (χ1n) is 13.1. The molecule has 190 valence electrons. The summed E-state index contributed by atoms with van der Waals surface area (Å²) in [5.41, 5.74) is 3.41. The summed E-state index contributed by atoms with van der Waals surface area (Å²) in [6, 6.07) is 8.46. The van der Waals surface area contributed by atoms with Gasteiger partial charge in [-0.2, -0.15) is 0 Å². The molecule has 2 fully saturated rings. The van der Waals surface area contributed by atoms with E-state index in [-0.39, 0.29) is 24.7 Å². The van der Waals surface area contributed by atoms with E-state index in [0.717, 1.165) is 49.2 Å². The van der Waals surface area contributed by atoms with Gasteiger partial charge in [-0.1, -0.05) is 44.3 Å². The quantitative estimate of drug-likeness (QED) is 0.413. The summed E-state index contributed by atoms with van der Waals surface area (Å²) in [5, 5.41) is 16.6. The van der Waals surface area contributed by atoms with Crippen LogP contribution in [0.15, 0.2) is 28.8 Å². The molecule has 7 nitrogen and oxygen atoms in total. The molecule has 2 aromatic rings. The molecule has 0 bridgehead atoms. The molecule has 0 saturated heterocycles. The summed E-state index contributed by atoms with van der Waals surface area (Å²) in [7, 11) is 0. The van der Waals surface area contributed by atoms with Crippen LogP contribution in [0.3, 0.4) is 0 Å². The molecule has 7 heteroatoms. The van der Waals surface area contributed by atoms with Crippen LogP contribution < -0.4 is 10.2 Å². The summed E-state index contributed by atoms with van der Waals surface area (Å²) < 4.78 is 5.13. The van der Waals surface area contributed by atoms with Crippen molar-refractivity contribution in [3.05, 3.63) is 41.3 Å². The van der Waals surface area contributed by atoms with E-state index in [9.17, 15) is 14.7 Å². The highest BCUT2D eigenvalue weighted by Crippen LogP contribution is 2.46. The van der Waals surface area contributed by atoms with E-state index in [4.69, 9.17) is 4.52 Å². The maximum Gasteiger partial charge on any atom is 0.303 e. The Balaban J connectivity index is 1.67. The Bertz CT molecular complexity index is 1020. The average Bonchev–Trinajstić information content (AvgIpc) is 3.58. The summed E-state index contributed by atoms with van der Waals surface area (Å²) in [5.74, 6) is 0.612. The number of carboxylic acids is 1. The van der Waals surface area contributed by atoms with E-state index in [1.54, 1.807) is 6.07 Å². The zero-order chi connectivity index (χ0) is 24.9. The molecule has 1 aromatic carbocycles. The summed E-state index contributed by atoms with van der Waals surface area (Å²) in [6.45, 7) is 7.18. The predicted molar refractivity (Wildman–Crippen MR) is 137 cm³/mol. The van der Waals surface area contributed by atoms with Gasteiger partial charge in [0.05, 0.1) is 29.9 Å². The minimum atomic E-state index is -0.776.